The van der Waals surface area contributed by atoms with E-state index in [-0.39, 0.29) is 11.6 Å². The maximum Gasteiger partial charge on any atom is 0.322 e. The van der Waals surface area contributed by atoms with Crippen LogP contribution in [0, 0.1) is 0 Å². The van der Waals surface area contributed by atoms with E-state index >= 15 is 0 Å². The van der Waals surface area contributed by atoms with Gasteiger partial charge in [-0.2, -0.15) is 0 Å². The maximum atomic E-state index is 12.0. The van der Waals surface area contributed by atoms with E-state index in [1.165, 1.54) is 0 Å². The summed E-state index contributed by atoms with van der Waals surface area (Å²) in [5, 5.41) is 3.11. The molecule has 0 aromatic heterocycles. The highest BCUT2D eigenvalue weighted by Gasteiger charge is 2.47. The van der Waals surface area contributed by atoms with E-state index in [0.717, 1.165) is 36.0 Å². The van der Waals surface area contributed by atoms with E-state index in [1.807, 2.05) is 29.2 Å². The van der Waals surface area contributed by atoms with Gasteiger partial charge >= 0.3 is 6.03 Å². The van der Waals surface area contributed by atoms with Crippen LogP contribution in [0.5, 0.6) is 0 Å². The van der Waals surface area contributed by atoms with Gasteiger partial charge < -0.3 is 5.32 Å². The molecular formula is C12H13BrN2O. The zero-order valence-electron chi connectivity index (χ0n) is 8.87. The van der Waals surface area contributed by atoms with Crippen molar-refractivity contribution in [2.24, 2.45) is 0 Å². The van der Waals surface area contributed by atoms with Crippen molar-refractivity contribution in [1.29, 1.82) is 0 Å². The van der Waals surface area contributed by atoms with Crippen LogP contribution in [0.25, 0.3) is 0 Å². The summed E-state index contributed by atoms with van der Waals surface area (Å²) in [6.07, 6.45) is 3.34. The van der Waals surface area contributed by atoms with Crippen LogP contribution < -0.4 is 10.2 Å². The van der Waals surface area contributed by atoms with Crippen LogP contribution in [0.1, 0.15) is 19.3 Å². The number of para-hydroxylation sites is 1. The van der Waals surface area contributed by atoms with Crippen molar-refractivity contribution < 1.29 is 4.79 Å². The average Bonchev–Trinajstić information content (AvgIpc) is 3.00. The fraction of sp³-hybridized carbons (Fsp3) is 0.417. The summed E-state index contributed by atoms with van der Waals surface area (Å²) >= 11 is 3.48. The molecule has 1 aromatic carbocycles. The standard InChI is InChI=1S/C12H13BrN2O/c13-9-3-1-2-4-10(9)15-8-7-12(5-6-12)14-11(15)16/h1-4H,5-8H2,(H,14,16). The highest BCUT2D eigenvalue weighted by molar-refractivity contribution is 9.10. The number of halogens is 1. The van der Waals surface area contributed by atoms with E-state index in [1.54, 1.807) is 0 Å². The number of benzene rings is 1. The fourth-order valence-electron chi connectivity index (χ4n) is 2.21. The van der Waals surface area contributed by atoms with Gasteiger partial charge in [0.05, 0.1) is 5.69 Å². The number of carbonyl (C=O) groups excluding carboxylic acids is 1. The summed E-state index contributed by atoms with van der Waals surface area (Å²) < 4.78 is 0.969. The van der Waals surface area contributed by atoms with Gasteiger partial charge in [0, 0.05) is 16.6 Å². The largest absolute Gasteiger partial charge is 0.332 e. The van der Waals surface area contributed by atoms with Crippen LogP contribution in [0.4, 0.5) is 10.5 Å². The zero-order chi connectivity index (χ0) is 11.2. The Hall–Kier alpha value is -1.03. The molecule has 0 radical (unpaired) electrons. The quantitative estimate of drug-likeness (QED) is 0.843. The number of nitrogens with zero attached hydrogens (tertiary/aromatic N) is 1. The lowest BCUT2D eigenvalue weighted by Gasteiger charge is -2.33. The average molecular weight is 281 g/mol. The first kappa shape index (κ1) is 10.1. The van der Waals surface area contributed by atoms with Crippen LogP contribution >= 0.6 is 15.9 Å². The van der Waals surface area contributed by atoms with Crippen LogP contribution in [0.2, 0.25) is 0 Å². The van der Waals surface area contributed by atoms with Gasteiger partial charge in [-0.25, -0.2) is 4.79 Å². The lowest BCUT2D eigenvalue weighted by Crippen LogP contribution is -2.53. The van der Waals surface area contributed by atoms with E-state index in [9.17, 15) is 4.79 Å². The Kier molecular flexibility index (Phi) is 2.21. The molecule has 84 valence electrons. The Morgan fingerprint density at radius 3 is 2.62 bits per heavy atom. The molecule has 1 saturated heterocycles. The van der Waals surface area contributed by atoms with Crippen LogP contribution in [0.15, 0.2) is 28.7 Å². The number of hydrogen-bond donors (Lipinski definition) is 1. The van der Waals surface area contributed by atoms with Crippen molar-refractivity contribution in [2.75, 3.05) is 11.4 Å². The topological polar surface area (TPSA) is 32.3 Å². The molecule has 1 aliphatic carbocycles. The molecule has 4 heteroatoms. The molecule has 0 unspecified atom stereocenters. The smallest absolute Gasteiger partial charge is 0.322 e. The molecule has 1 aliphatic heterocycles. The highest BCUT2D eigenvalue weighted by Crippen LogP contribution is 2.42. The van der Waals surface area contributed by atoms with Gasteiger partial charge in [-0.3, -0.25) is 4.90 Å². The SMILES string of the molecule is O=C1NC2(CCN1c1ccccc1Br)CC2. The molecule has 2 amide bonds. The zero-order valence-corrected chi connectivity index (χ0v) is 10.5. The third-order valence-corrected chi connectivity index (χ3v) is 4.10. The summed E-state index contributed by atoms with van der Waals surface area (Å²) in [4.78, 5) is 13.8. The number of hydrogen-bond acceptors (Lipinski definition) is 1. The summed E-state index contributed by atoms with van der Waals surface area (Å²) in [5.41, 5.74) is 1.10. The van der Waals surface area contributed by atoms with Gasteiger partial charge in [-0.05, 0) is 47.3 Å². The Morgan fingerprint density at radius 2 is 2.00 bits per heavy atom. The second-order valence-corrected chi connectivity index (χ2v) is 5.42. The molecule has 2 aliphatic rings. The van der Waals surface area contributed by atoms with Crippen molar-refractivity contribution in [1.82, 2.24) is 5.32 Å². The first-order valence-electron chi connectivity index (χ1n) is 5.54. The van der Waals surface area contributed by atoms with Crippen molar-refractivity contribution >= 4 is 27.6 Å². The van der Waals surface area contributed by atoms with Gasteiger partial charge in [-0.1, -0.05) is 12.1 Å². The molecule has 3 nitrogen and oxygen atoms in total. The first-order chi connectivity index (χ1) is 7.70. The normalized spacial score (nSPS) is 22.1. The molecule has 0 bridgehead atoms. The third-order valence-electron chi connectivity index (χ3n) is 3.43. The monoisotopic (exact) mass is 280 g/mol. The van der Waals surface area contributed by atoms with E-state index < -0.39 is 0 Å². The number of carbonyl (C=O) groups is 1. The molecule has 1 heterocycles. The number of rotatable bonds is 1. The van der Waals surface area contributed by atoms with Gasteiger partial charge in [0.2, 0.25) is 0 Å². The molecule has 3 rings (SSSR count). The van der Waals surface area contributed by atoms with Crippen molar-refractivity contribution in [3.8, 4) is 0 Å². The number of amides is 2. The Bertz CT molecular complexity index is 442. The predicted octanol–water partition coefficient (Wildman–Crippen LogP) is 2.90. The highest BCUT2D eigenvalue weighted by atomic mass is 79.9. The Balaban J connectivity index is 1.86. The minimum Gasteiger partial charge on any atom is -0.332 e. The van der Waals surface area contributed by atoms with E-state index in [4.69, 9.17) is 0 Å². The number of urea groups is 1. The van der Waals surface area contributed by atoms with Gasteiger partial charge in [0.1, 0.15) is 0 Å². The van der Waals surface area contributed by atoms with Crippen LogP contribution in [0.3, 0.4) is 0 Å². The summed E-state index contributed by atoms with van der Waals surface area (Å²) in [6, 6.07) is 7.88. The van der Waals surface area contributed by atoms with Crippen LogP contribution in [-0.4, -0.2) is 18.1 Å². The van der Waals surface area contributed by atoms with Gasteiger partial charge in [0.15, 0.2) is 0 Å². The van der Waals surface area contributed by atoms with Crippen molar-refractivity contribution in [2.45, 2.75) is 24.8 Å². The van der Waals surface area contributed by atoms with Crippen molar-refractivity contribution in [3.05, 3.63) is 28.7 Å². The summed E-state index contributed by atoms with van der Waals surface area (Å²) in [6.45, 7) is 0.814. The molecular weight excluding hydrogens is 268 g/mol. The Morgan fingerprint density at radius 1 is 1.25 bits per heavy atom. The summed E-state index contributed by atoms with van der Waals surface area (Å²) in [7, 11) is 0. The molecule has 1 N–H and O–H groups in total. The minimum atomic E-state index is 0.0376. The fourth-order valence-corrected chi connectivity index (χ4v) is 2.71. The number of nitrogens with one attached hydrogen (secondary N) is 1. The second kappa shape index (κ2) is 3.48. The van der Waals surface area contributed by atoms with Gasteiger partial charge in [-0.15, -0.1) is 0 Å². The predicted molar refractivity (Wildman–Crippen MR) is 66.6 cm³/mol. The van der Waals surface area contributed by atoms with Crippen molar-refractivity contribution in [3.63, 3.8) is 0 Å². The maximum absolute atomic E-state index is 12.0. The number of anilines is 1. The molecule has 0 atom stereocenters. The van der Waals surface area contributed by atoms with Gasteiger partial charge in [0.25, 0.3) is 0 Å². The lowest BCUT2D eigenvalue weighted by molar-refractivity contribution is 0.234. The summed E-state index contributed by atoms with van der Waals surface area (Å²) in [5.74, 6) is 0. The first-order valence-corrected chi connectivity index (χ1v) is 6.34. The van der Waals surface area contributed by atoms with Crippen LogP contribution in [-0.2, 0) is 0 Å². The molecule has 2 fully saturated rings. The lowest BCUT2D eigenvalue weighted by atomic mass is 10.1. The molecule has 1 saturated carbocycles. The second-order valence-electron chi connectivity index (χ2n) is 4.56. The minimum absolute atomic E-state index is 0.0376. The molecule has 1 aromatic rings. The van der Waals surface area contributed by atoms with E-state index in [2.05, 4.69) is 21.2 Å². The Labute approximate surface area is 103 Å². The molecule has 16 heavy (non-hydrogen) atoms. The molecule has 1 spiro atoms. The third kappa shape index (κ3) is 1.61. The van der Waals surface area contributed by atoms with E-state index in [0.29, 0.717) is 0 Å².